The fraction of sp³-hybridized carbons (Fsp3) is 0.571. The van der Waals surface area contributed by atoms with Crippen LogP contribution < -0.4 is 5.32 Å². The van der Waals surface area contributed by atoms with Gasteiger partial charge in [-0.05, 0) is 51.5 Å². The normalized spacial score (nSPS) is 20.5. The first-order valence-electron chi connectivity index (χ1n) is 6.66. The maximum atomic E-state index is 10.00. The smallest absolute Gasteiger partial charge is 0.138 e. The molecule has 1 unspecified atom stereocenters. The Morgan fingerprint density at radius 2 is 2.11 bits per heavy atom. The third-order valence-electron chi connectivity index (χ3n) is 3.70. The van der Waals surface area contributed by atoms with Crippen LogP contribution in [0.15, 0.2) is 12.1 Å². The van der Waals surface area contributed by atoms with Gasteiger partial charge in [-0.1, -0.05) is 23.2 Å². The van der Waals surface area contributed by atoms with Crippen molar-refractivity contribution in [2.45, 2.75) is 31.8 Å². The minimum absolute atomic E-state index is 0.143. The van der Waals surface area contributed by atoms with E-state index >= 15 is 0 Å². The number of phenols is 1. The van der Waals surface area contributed by atoms with Gasteiger partial charge in [0, 0.05) is 23.2 Å². The molecule has 1 aliphatic heterocycles. The molecule has 1 saturated heterocycles. The van der Waals surface area contributed by atoms with Crippen molar-refractivity contribution in [3.8, 4) is 5.75 Å². The van der Waals surface area contributed by atoms with Crippen LogP contribution >= 0.6 is 23.2 Å². The van der Waals surface area contributed by atoms with Crippen molar-refractivity contribution in [2.75, 3.05) is 20.1 Å². The van der Waals surface area contributed by atoms with Gasteiger partial charge in [0.2, 0.25) is 0 Å². The quantitative estimate of drug-likeness (QED) is 0.899. The first-order valence-corrected chi connectivity index (χ1v) is 7.41. The third kappa shape index (κ3) is 3.99. The van der Waals surface area contributed by atoms with E-state index < -0.39 is 0 Å². The van der Waals surface area contributed by atoms with Gasteiger partial charge in [-0.3, -0.25) is 4.90 Å². The van der Waals surface area contributed by atoms with Crippen LogP contribution in [-0.4, -0.2) is 36.2 Å². The van der Waals surface area contributed by atoms with Crippen LogP contribution in [0.5, 0.6) is 5.75 Å². The molecule has 0 saturated carbocycles. The standard InChI is InChI=1S/C14H20Cl2N2O/c1-18(12-3-2-5-17-6-4-12)9-10-7-11(15)8-13(16)14(10)19/h7-8,12,17,19H,2-6,9H2,1H3. The molecular formula is C14H20Cl2N2O. The van der Waals surface area contributed by atoms with Gasteiger partial charge in [0.25, 0.3) is 0 Å². The summed E-state index contributed by atoms with van der Waals surface area (Å²) < 4.78 is 0. The molecule has 1 heterocycles. The van der Waals surface area contributed by atoms with Crippen molar-refractivity contribution < 1.29 is 5.11 Å². The SMILES string of the molecule is CN(Cc1cc(Cl)cc(Cl)c1O)C1CCCNCC1. The van der Waals surface area contributed by atoms with Gasteiger partial charge >= 0.3 is 0 Å². The second-order valence-electron chi connectivity index (χ2n) is 5.15. The molecule has 1 aromatic carbocycles. The topological polar surface area (TPSA) is 35.5 Å². The number of hydrogen-bond donors (Lipinski definition) is 2. The zero-order chi connectivity index (χ0) is 13.8. The number of rotatable bonds is 3. The van der Waals surface area contributed by atoms with E-state index in [0.717, 1.165) is 25.1 Å². The lowest BCUT2D eigenvalue weighted by Gasteiger charge is -2.27. The highest BCUT2D eigenvalue weighted by Gasteiger charge is 2.18. The lowest BCUT2D eigenvalue weighted by molar-refractivity contribution is 0.214. The molecule has 0 aromatic heterocycles. The molecule has 2 rings (SSSR count). The van der Waals surface area contributed by atoms with E-state index in [9.17, 15) is 5.11 Å². The summed E-state index contributed by atoms with van der Waals surface area (Å²) in [7, 11) is 2.09. The van der Waals surface area contributed by atoms with E-state index in [2.05, 4.69) is 17.3 Å². The molecule has 2 N–H and O–H groups in total. The van der Waals surface area contributed by atoms with Crippen LogP contribution in [0, 0.1) is 0 Å². The zero-order valence-electron chi connectivity index (χ0n) is 11.1. The summed E-state index contributed by atoms with van der Waals surface area (Å²) in [6.07, 6.45) is 3.50. The minimum atomic E-state index is 0.143. The van der Waals surface area contributed by atoms with E-state index in [1.807, 2.05) is 0 Å². The Balaban J connectivity index is 2.07. The highest BCUT2D eigenvalue weighted by atomic mass is 35.5. The van der Waals surface area contributed by atoms with Crippen LogP contribution in [0.3, 0.4) is 0 Å². The summed E-state index contributed by atoms with van der Waals surface area (Å²) in [5.41, 5.74) is 0.789. The number of nitrogens with zero attached hydrogens (tertiary/aromatic N) is 1. The molecule has 0 radical (unpaired) electrons. The Morgan fingerprint density at radius 3 is 2.89 bits per heavy atom. The van der Waals surface area contributed by atoms with Gasteiger partial charge in [0.15, 0.2) is 0 Å². The fourth-order valence-corrected chi connectivity index (χ4v) is 3.11. The van der Waals surface area contributed by atoms with Crippen molar-refractivity contribution in [1.29, 1.82) is 0 Å². The van der Waals surface area contributed by atoms with E-state index in [1.165, 1.54) is 12.8 Å². The summed E-state index contributed by atoms with van der Waals surface area (Å²) >= 11 is 11.9. The number of benzene rings is 1. The lowest BCUT2D eigenvalue weighted by Crippen LogP contribution is -2.32. The Morgan fingerprint density at radius 1 is 1.32 bits per heavy atom. The lowest BCUT2D eigenvalue weighted by atomic mass is 10.1. The van der Waals surface area contributed by atoms with E-state index in [-0.39, 0.29) is 5.75 Å². The van der Waals surface area contributed by atoms with Crippen molar-refractivity contribution in [3.63, 3.8) is 0 Å². The molecule has 19 heavy (non-hydrogen) atoms. The molecule has 5 heteroatoms. The van der Waals surface area contributed by atoms with Gasteiger partial charge in [-0.2, -0.15) is 0 Å². The summed E-state index contributed by atoms with van der Waals surface area (Å²) in [5.74, 6) is 0.143. The summed E-state index contributed by atoms with van der Waals surface area (Å²) in [6.45, 7) is 2.81. The monoisotopic (exact) mass is 302 g/mol. The van der Waals surface area contributed by atoms with Crippen molar-refractivity contribution in [1.82, 2.24) is 10.2 Å². The van der Waals surface area contributed by atoms with Crippen molar-refractivity contribution in [2.24, 2.45) is 0 Å². The first-order chi connectivity index (χ1) is 9.08. The number of aromatic hydroxyl groups is 1. The molecule has 1 aromatic rings. The minimum Gasteiger partial charge on any atom is -0.506 e. The Hall–Kier alpha value is -0.480. The molecule has 0 bridgehead atoms. The first kappa shape index (κ1) is 14.9. The predicted molar refractivity (Wildman–Crippen MR) is 80.1 cm³/mol. The maximum Gasteiger partial charge on any atom is 0.138 e. The van der Waals surface area contributed by atoms with Crippen molar-refractivity contribution >= 4 is 23.2 Å². The summed E-state index contributed by atoms with van der Waals surface area (Å²) in [5, 5.41) is 14.3. The predicted octanol–water partition coefficient (Wildman–Crippen LogP) is 3.27. The largest absolute Gasteiger partial charge is 0.506 e. The molecular weight excluding hydrogens is 283 g/mol. The number of phenolic OH excluding ortho intramolecular Hbond substituents is 1. The molecule has 106 valence electrons. The van der Waals surface area contributed by atoms with Gasteiger partial charge < -0.3 is 10.4 Å². The van der Waals surface area contributed by atoms with E-state index in [4.69, 9.17) is 23.2 Å². The molecule has 0 amide bonds. The van der Waals surface area contributed by atoms with Crippen LogP contribution in [0.4, 0.5) is 0 Å². The third-order valence-corrected chi connectivity index (χ3v) is 4.20. The molecule has 1 aliphatic rings. The van der Waals surface area contributed by atoms with E-state index in [1.54, 1.807) is 12.1 Å². The van der Waals surface area contributed by atoms with Gasteiger partial charge in [-0.15, -0.1) is 0 Å². The molecule has 3 nitrogen and oxygen atoms in total. The van der Waals surface area contributed by atoms with Crippen LogP contribution in [0.2, 0.25) is 10.0 Å². The van der Waals surface area contributed by atoms with Gasteiger partial charge in [0.1, 0.15) is 5.75 Å². The molecule has 1 atom stereocenters. The average molecular weight is 303 g/mol. The summed E-state index contributed by atoms with van der Waals surface area (Å²) in [6, 6.07) is 3.89. The zero-order valence-corrected chi connectivity index (χ0v) is 12.6. The Bertz CT molecular complexity index is 432. The Labute approximate surface area is 124 Å². The molecule has 1 fully saturated rings. The highest BCUT2D eigenvalue weighted by molar-refractivity contribution is 6.35. The second-order valence-corrected chi connectivity index (χ2v) is 5.99. The van der Waals surface area contributed by atoms with Gasteiger partial charge in [-0.25, -0.2) is 0 Å². The van der Waals surface area contributed by atoms with Crippen LogP contribution in [0.1, 0.15) is 24.8 Å². The maximum absolute atomic E-state index is 10.00. The fourth-order valence-electron chi connectivity index (χ4n) is 2.58. The van der Waals surface area contributed by atoms with Gasteiger partial charge in [0.05, 0.1) is 5.02 Å². The average Bonchev–Trinajstić information content (AvgIpc) is 2.64. The van der Waals surface area contributed by atoms with Crippen LogP contribution in [0.25, 0.3) is 0 Å². The molecule has 0 spiro atoms. The number of nitrogens with one attached hydrogen (secondary N) is 1. The van der Waals surface area contributed by atoms with E-state index in [0.29, 0.717) is 22.6 Å². The van der Waals surface area contributed by atoms with Crippen LogP contribution in [-0.2, 0) is 6.54 Å². The molecule has 0 aliphatic carbocycles. The highest BCUT2D eigenvalue weighted by Crippen LogP contribution is 2.32. The number of hydrogen-bond acceptors (Lipinski definition) is 3. The Kier molecular flexibility index (Phi) is 5.34. The summed E-state index contributed by atoms with van der Waals surface area (Å²) in [4.78, 5) is 2.27. The second kappa shape index (κ2) is 6.80. The number of halogens is 2. The van der Waals surface area contributed by atoms with Crippen molar-refractivity contribution in [3.05, 3.63) is 27.7 Å².